The molecule has 0 aliphatic carbocycles. The van der Waals surface area contributed by atoms with Crippen LogP contribution in [0.15, 0.2) is 70.1 Å². The van der Waals surface area contributed by atoms with Crippen LogP contribution in [0.3, 0.4) is 0 Å². The van der Waals surface area contributed by atoms with Gasteiger partial charge in [0.15, 0.2) is 11.3 Å². The Balaban J connectivity index is 1.64. The average molecular weight is 1070 g/mol. The zero-order valence-corrected chi connectivity index (χ0v) is 46.4. The van der Waals surface area contributed by atoms with Crippen LogP contribution in [0.5, 0.6) is 0 Å². The first-order valence-electron chi connectivity index (χ1n) is 24.3. The lowest BCUT2D eigenvalue weighted by Gasteiger charge is -2.42. The number of hydrogen-bond donors (Lipinski definition) is 3. The van der Waals surface area contributed by atoms with E-state index in [0.29, 0.717) is 73.5 Å². The highest BCUT2D eigenvalue weighted by Crippen LogP contribution is 2.54. The first-order valence-corrected chi connectivity index (χ1v) is 28.8. The quantitative estimate of drug-likeness (QED) is 0.0367. The number of anilines is 1. The van der Waals surface area contributed by atoms with Crippen molar-refractivity contribution in [2.45, 2.75) is 177 Å². The molecule has 2 amide bonds. The summed E-state index contributed by atoms with van der Waals surface area (Å²) in [5, 5.41) is 0.839. The molecule has 402 valence electrons. The molecule has 3 heterocycles. The first kappa shape index (κ1) is 59.0. The molecule has 0 aromatic heterocycles. The van der Waals surface area contributed by atoms with Gasteiger partial charge in [-0.1, -0.05) is 6.08 Å². The SMILES string of the molecule is COCCC1(C)C(=CC=CC2=[N+](C(C)(C)CCOC(C)(C)C)c3ccc(S(=O)(=O)O)cc3C2(C)CCCS(=O)(=O)O)N(C(C)(C)CCOC(C)(C)CCCON2C(=O)CCC2=O)c2ccc(S(=O)(=O)O)cc21. The third kappa shape index (κ3) is 13.9. The number of fused-ring (bicyclic) bond motifs is 2. The van der Waals surface area contributed by atoms with Crippen molar-refractivity contribution >= 4 is 59.3 Å². The van der Waals surface area contributed by atoms with E-state index in [1.807, 2.05) is 94.4 Å². The van der Waals surface area contributed by atoms with Crippen LogP contribution in [0.25, 0.3) is 0 Å². The molecule has 0 bridgehead atoms. The lowest BCUT2D eigenvalue weighted by molar-refractivity contribution is -0.525. The Morgan fingerprint density at radius 2 is 1.29 bits per heavy atom. The summed E-state index contributed by atoms with van der Waals surface area (Å²) >= 11 is 0. The maximum atomic E-state index is 12.7. The van der Waals surface area contributed by atoms with Gasteiger partial charge < -0.3 is 19.1 Å². The van der Waals surface area contributed by atoms with Gasteiger partial charge in [-0.05, 0) is 143 Å². The van der Waals surface area contributed by atoms with Gasteiger partial charge in [-0.2, -0.15) is 34.9 Å². The van der Waals surface area contributed by atoms with Crippen LogP contribution >= 0.6 is 0 Å². The fourth-order valence-electron chi connectivity index (χ4n) is 9.98. The molecule has 0 saturated carbocycles. The molecule has 2 aromatic carbocycles. The Morgan fingerprint density at radius 1 is 0.708 bits per heavy atom. The van der Waals surface area contributed by atoms with E-state index in [-0.39, 0.29) is 60.5 Å². The van der Waals surface area contributed by atoms with Gasteiger partial charge in [0.1, 0.15) is 0 Å². The molecule has 18 nitrogen and oxygen atoms in total. The van der Waals surface area contributed by atoms with Gasteiger partial charge in [0.25, 0.3) is 42.2 Å². The van der Waals surface area contributed by atoms with Crippen molar-refractivity contribution < 1.29 is 72.1 Å². The van der Waals surface area contributed by atoms with E-state index in [1.54, 1.807) is 19.2 Å². The molecule has 1 saturated heterocycles. The van der Waals surface area contributed by atoms with Crippen LogP contribution in [0.4, 0.5) is 11.4 Å². The second-order valence-electron chi connectivity index (χ2n) is 22.3. The third-order valence-electron chi connectivity index (χ3n) is 14.0. The lowest BCUT2D eigenvalue weighted by atomic mass is 9.75. The molecule has 2 atom stereocenters. The van der Waals surface area contributed by atoms with E-state index in [2.05, 4.69) is 9.48 Å². The van der Waals surface area contributed by atoms with Crippen LogP contribution in [0.2, 0.25) is 0 Å². The summed E-state index contributed by atoms with van der Waals surface area (Å²) in [6, 6.07) is 8.91. The number of rotatable bonds is 25. The molecule has 21 heteroatoms. The summed E-state index contributed by atoms with van der Waals surface area (Å²) in [5.74, 6) is -1.26. The van der Waals surface area contributed by atoms with Crippen molar-refractivity contribution in [1.29, 1.82) is 0 Å². The minimum absolute atomic E-state index is 0.000445. The van der Waals surface area contributed by atoms with Crippen LogP contribution in [0, 0.1) is 0 Å². The Hall–Kier alpha value is -3.90. The van der Waals surface area contributed by atoms with E-state index in [1.165, 1.54) is 24.3 Å². The summed E-state index contributed by atoms with van der Waals surface area (Å²) in [7, 11) is -12.1. The highest BCUT2D eigenvalue weighted by molar-refractivity contribution is 7.86. The van der Waals surface area contributed by atoms with Crippen molar-refractivity contribution in [1.82, 2.24) is 5.06 Å². The van der Waals surface area contributed by atoms with Crippen LogP contribution in [0.1, 0.15) is 145 Å². The summed E-state index contributed by atoms with van der Waals surface area (Å²) in [6.45, 7) is 22.9. The minimum atomic E-state index is -4.67. The summed E-state index contributed by atoms with van der Waals surface area (Å²) in [4.78, 5) is 31.0. The van der Waals surface area contributed by atoms with Gasteiger partial charge in [0.2, 0.25) is 5.69 Å². The number of nitrogens with zero attached hydrogens (tertiary/aromatic N) is 3. The van der Waals surface area contributed by atoms with Crippen molar-refractivity contribution in [3.63, 3.8) is 0 Å². The molecule has 3 aliphatic rings. The summed E-state index contributed by atoms with van der Waals surface area (Å²) in [6.07, 6.45) is 8.56. The van der Waals surface area contributed by atoms with Gasteiger partial charge in [0.05, 0.1) is 45.4 Å². The fourth-order valence-corrected chi connectivity index (χ4v) is 11.5. The normalized spacial score (nSPS) is 21.0. The molecular formula is C51H76N3O15S3+. The molecule has 2 unspecified atom stereocenters. The largest absolute Gasteiger partial charge is 0.385 e. The Kier molecular flexibility index (Phi) is 17.8. The maximum absolute atomic E-state index is 12.7. The van der Waals surface area contributed by atoms with Crippen LogP contribution in [-0.2, 0) is 69.8 Å². The smallest absolute Gasteiger partial charge is 0.294 e. The van der Waals surface area contributed by atoms with Crippen molar-refractivity contribution in [2.75, 3.05) is 44.2 Å². The number of benzene rings is 2. The van der Waals surface area contributed by atoms with E-state index in [4.69, 9.17) is 19.0 Å². The number of allylic oxidation sites excluding steroid dienone is 4. The number of methoxy groups -OCH3 is 1. The molecule has 3 N–H and O–H groups in total. The molecule has 3 aliphatic heterocycles. The van der Waals surface area contributed by atoms with Crippen molar-refractivity contribution in [2.24, 2.45) is 0 Å². The van der Waals surface area contributed by atoms with Crippen LogP contribution in [-0.4, -0.2) is 128 Å². The predicted molar refractivity (Wildman–Crippen MR) is 273 cm³/mol. The standard InChI is InChI=1S/C51H75N3O15S3/c1-46(2,3)67-31-26-47(4,5)52-40-20-18-36(71(60,61)62)34-38(40)50(10,25-15-33-70(57,58)59)42(52)16-13-17-43-51(11,28-30-66-12)39-35-37(72(63,64)65)19-21-41(39)53(43)48(6,7)27-32-68-49(8,9)24-14-29-69-54-44(55)22-23-45(54)56/h13,16-21,34-35H,14-15,22-33H2,1-12H3,(H2-,57,58,59,60,61,62,63,64,65)/p+1. The Bertz CT molecular complexity index is 2800. The zero-order chi connectivity index (χ0) is 54.1. The van der Waals surface area contributed by atoms with E-state index >= 15 is 0 Å². The topological polar surface area (TPSA) is 244 Å². The molecule has 5 rings (SSSR count). The second kappa shape index (κ2) is 21.8. The van der Waals surface area contributed by atoms with E-state index in [9.17, 15) is 48.5 Å². The number of imide groups is 1. The Labute approximate surface area is 427 Å². The molecular weight excluding hydrogens is 991 g/mol. The highest BCUT2D eigenvalue weighted by atomic mass is 32.2. The van der Waals surface area contributed by atoms with Crippen LogP contribution < -0.4 is 4.90 Å². The monoisotopic (exact) mass is 1070 g/mol. The first-order chi connectivity index (χ1) is 33.0. The van der Waals surface area contributed by atoms with Gasteiger partial charge in [0, 0.05) is 93.5 Å². The predicted octanol–water partition coefficient (Wildman–Crippen LogP) is 8.27. The van der Waals surface area contributed by atoms with Gasteiger partial charge in [-0.25, -0.2) is 0 Å². The number of amides is 2. The molecule has 0 spiro atoms. The number of carbonyl (C=O) groups excluding carboxylic acids is 2. The molecule has 1 fully saturated rings. The average Bonchev–Trinajstić information content (AvgIpc) is 3.79. The maximum Gasteiger partial charge on any atom is 0.294 e. The van der Waals surface area contributed by atoms with Gasteiger partial charge in [-0.15, -0.1) is 0 Å². The molecule has 2 aromatic rings. The number of carbonyl (C=O) groups is 2. The van der Waals surface area contributed by atoms with E-state index in [0.717, 1.165) is 10.8 Å². The molecule has 72 heavy (non-hydrogen) atoms. The Morgan fingerprint density at radius 3 is 1.86 bits per heavy atom. The number of hydrogen-bond acceptors (Lipinski definition) is 13. The lowest BCUT2D eigenvalue weighted by Crippen LogP contribution is -2.45. The van der Waals surface area contributed by atoms with E-state index < -0.39 is 69.2 Å². The molecule has 0 radical (unpaired) electrons. The second-order valence-corrected chi connectivity index (χ2v) is 26.7. The highest BCUT2D eigenvalue weighted by Gasteiger charge is 2.53. The fraction of sp³-hybridized carbons (Fsp3) is 0.627. The van der Waals surface area contributed by atoms with Gasteiger partial charge >= 0.3 is 0 Å². The van der Waals surface area contributed by atoms with Crippen molar-refractivity contribution in [3.8, 4) is 0 Å². The number of hydroxylamine groups is 2. The number of ether oxygens (including phenoxy) is 3. The summed E-state index contributed by atoms with van der Waals surface area (Å²) < 4.78 is 126. The summed E-state index contributed by atoms with van der Waals surface area (Å²) in [5.41, 5.74) is -0.575. The third-order valence-corrected chi connectivity index (χ3v) is 16.5. The minimum Gasteiger partial charge on any atom is -0.385 e. The van der Waals surface area contributed by atoms with Crippen molar-refractivity contribution in [3.05, 3.63) is 71.5 Å². The van der Waals surface area contributed by atoms with Gasteiger partial charge in [-0.3, -0.25) is 28.1 Å². The zero-order valence-electron chi connectivity index (χ0n) is 43.9.